The van der Waals surface area contributed by atoms with Crippen molar-refractivity contribution in [2.75, 3.05) is 18.9 Å². The van der Waals surface area contributed by atoms with Crippen molar-refractivity contribution in [2.45, 2.75) is 36.6 Å². The highest BCUT2D eigenvalue weighted by Gasteiger charge is 2.23. The average molecular weight is 472 g/mol. The molecule has 0 fully saturated rings. The van der Waals surface area contributed by atoms with Crippen molar-refractivity contribution in [2.24, 2.45) is 0 Å². The van der Waals surface area contributed by atoms with Crippen LogP contribution in [0.15, 0.2) is 58.8 Å². The molecule has 0 aliphatic carbocycles. The van der Waals surface area contributed by atoms with E-state index in [1.165, 1.54) is 20.7 Å². The third-order valence-electron chi connectivity index (χ3n) is 5.18. The van der Waals surface area contributed by atoms with Crippen LogP contribution in [0, 0.1) is 6.92 Å². The molecule has 4 rings (SSSR count). The molecule has 0 spiro atoms. The molecule has 0 amide bonds. The van der Waals surface area contributed by atoms with E-state index in [1.54, 1.807) is 24.3 Å². The number of thioether (sulfide) groups is 1. The molecule has 9 nitrogen and oxygen atoms in total. The zero-order chi connectivity index (χ0) is 22.9. The molecule has 11 heteroatoms. The normalized spacial score (nSPS) is 12.1. The van der Waals surface area contributed by atoms with Crippen LogP contribution in [0.2, 0.25) is 0 Å². The summed E-state index contributed by atoms with van der Waals surface area (Å²) in [5.74, 6) is 7.23. The van der Waals surface area contributed by atoms with E-state index in [0.29, 0.717) is 35.4 Å². The van der Waals surface area contributed by atoms with Gasteiger partial charge in [-0.25, -0.2) is 18.1 Å². The van der Waals surface area contributed by atoms with Crippen LogP contribution in [-0.4, -0.2) is 50.1 Å². The summed E-state index contributed by atoms with van der Waals surface area (Å²) in [5.41, 5.74) is 3.52. The molecule has 3 aromatic heterocycles. The number of rotatable bonds is 8. The van der Waals surface area contributed by atoms with Gasteiger partial charge in [0.2, 0.25) is 15.2 Å². The minimum Gasteiger partial charge on any atom is -0.335 e. The Labute approximate surface area is 191 Å². The summed E-state index contributed by atoms with van der Waals surface area (Å²) in [6, 6.07) is 10.6. The molecule has 168 valence electrons. The van der Waals surface area contributed by atoms with Crippen LogP contribution < -0.4 is 5.84 Å². The molecule has 0 unspecified atom stereocenters. The number of fused-ring (bicyclic) bond motifs is 1. The van der Waals surface area contributed by atoms with Crippen molar-refractivity contribution in [1.29, 1.82) is 0 Å². The largest absolute Gasteiger partial charge is 0.335 e. The molecule has 1 aromatic carbocycles. The van der Waals surface area contributed by atoms with Crippen LogP contribution >= 0.6 is 11.8 Å². The Balaban J connectivity index is 1.57. The van der Waals surface area contributed by atoms with E-state index in [2.05, 4.69) is 15.2 Å². The first kappa shape index (κ1) is 22.3. The number of benzene rings is 1. The van der Waals surface area contributed by atoms with Gasteiger partial charge < -0.3 is 10.2 Å². The molecule has 0 radical (unpaired) electrons. The highest BCUT2D eigenvalue weighted by Crippen LogP contribution is 2.27. The van der Waals surface area contributed by atoms with E-state index in [0.717, 1.165) is 16.9 Å². The number of aryl methyl sites for hydroxylation is 1. The number of imidazole rings is 1. The summed E-state index contributed by atoms with van der Waals surface area (Å²) in [6.07, 6.45) is 3.95. The van der Waals surface area contributed by atoms with Gasteiger partial charge in [-0.15, -0.1) is 10.2 Å². The van der Waals surface area contributed by atoms with Crippen LogP contribution in [0.4, 0.5) is 0 Å². The topological polar surface area (TPSA) is 111 Å². The second-order valence-electron chi connectivity index (χ2n) is 7.24. The van der Waals surface area contributed by atoms with Gasteiger partial charge in [0.1, 0.15) is 5.65 Å². The van der Waals surface area contributed by atoms with Gasteiger partial charge in [-0.1, -0.05) is 43.8 Å². The van der Waals surface area contributed by atoms with Gasteiger partial charge in [0.25, 0.3) is 0 Å². The Morgan fingerprint density at radius 2 is 1.91 bits per heavy atom. The third kappa shape index (κ3) is 4.10. The Bertz CT molecular complexity index is 1360. The van der Waals surface area contributed by atoms with Crippen LogP contribution in [-0.2, 0) is 15.8 Å². The number of nitrogens with zero attached hydrogens (tertiary/aromatic N) is 6. The van der Waals surface area contributed by atoms with E-state index in [1.807, 2.05) is 49.7 Å². The molecule has 0 aliphatic heterocycles. The molecule has 0 aliphatic rings. The zero-order valence-electron chi connectivity index (χ0n) is 18.1. The maximum Gasteiger partial charge on any atom is 0.243 e. The fraction of sp³-hybridized carbons (Fsp3) is 0.286. The Hall–Kier alpha value is -2.89. The monoisotopic (exact) mass is 471 g/mol. The average Bonchev–Trinajstić information content (AvgIpc) is 3.37. The van der Waals surface area contributed by atoms with Crippen LogP contribution in [0.5, 0.6) is 0 Å². The highest BCUT2D eigenvalue weighted by molar-refractivity contribution is 7.98. The Kier molecular flexibility index (Phi) is 6.22. The van der Waals surface area contributed by atoms with E-state index in [4.69, 9.17) is 5.84 Å². The minimum absolute atomic E-state index is 0.205. The summed E-state index contributed by atoms with van der Waals surface area (Å²) in [7, 11) is -3.58. The van der Waals surface area contributed by atoms with Gasteiger partial charge in [-0.2, -0.15) is 4.31 Å². The fourth-order valence-electron chi connectivity index (χ4n) is 3.49. The first-order valence-electron chi connectivity index (χ1n) is 10.2. The standard InChI is InChI=1S/C21H25N7O2S2/c1-4-27(5-2)32(29,30)18-10-6-9-16(12-18)20-24-25-21(28(20)22)31-14-17-13-26-11-7-8-15(3)19(26)23-17/h6-13H,4-5,14,22H2,1-3H3. The van der Waals surface area contributed by atoms with E-state index < -0.39 is 10.0 Å². The highest BCUT2D eigenvalue weighted by atomic mass is 32.2. The van der Waals surface area contributed by atoms with E-state index >= 15 is 0 Å². The summed E-state index contributed by atoms with van der Waals surface area (Å²) in [5, 5.41) is 8.91. The summed E-state index contributed by atoms with van der Waals surface area (Å²) >= 11 is 1.42. The van der Waals surface area contributed by atoms with Crippen molar-refractivity contribution in [3.63, 3.8) is 0 Å². The molecule has 0 bridgehead atoms. The van der Waals surface area contributed by atoms with Gasteiger partial charge in [0, 0.05) is 36.8 Å². The summed E-state index contributed by atoms with van der Waals surface area (Å²) in [6.45, 7) is 6.46. The van der Waals surface area contributed by atoms with Crippen LogP contribution in [0.1, 0.15) is 25.1 Å². The van der Waals surface area contributed by atoms with Crippen molar-refractivity contribution in [3.8, 4) is 11.4 Å². The molecule has 0 saturated heterocycles. The second-order valence-corrected chi connectivity index (χ2v) is 10.1. The zero-order valence-corrected chi connectivity index (χ0v) is 19.8. The number of hydrogen-bond donors (Lipinski definition) is 1. The molecule has 2 N–H and O–H groups in total. The maximum atomic E-state index is 12.9. The third-order valence-corrected chi connectivity index (χ3v) is 8.20. The number of hydrogen-bond acceptors (Lipinski definition) is 7. The first-order chi connectivity index (χ1) is 15.3. The Morgan fingerprint density at radius 1 is 1.12 bits per heavy atom. The summed E-state index contributed by atoms with van der Waals surface area (Å²) in [4.78, 5) is 4.87. The van der Waals surface area contributed by atoms with Gasteiger partial charge in [0.15, 0.2) is 5.82 Å². The van der Waals surface area contributed by atoms with Crippen molar-refractivity contribution in [1.82, 2.24) is 28.6 Å². The fourth-order valence-corrected chi connectivity index (χ4v) is 5.74. The van der Waals surface area contributed by atoms with Crippen molar-refractivity contribution in [3.05, 3.63) is 60.0 Å². The van der Waals surface area contributed by atoms with Crippen LogP contribution in [0.25, 0.3) is 17.0 Å². The lowest BCUT2D eigenvalue weighted by Crippen LogP contribution is -2.30. The number of nitrogen functional groups attached to an aromatic ring is 1. The molecule has 0 atom stereocenters. The second kappa shape index (κ2) is 8.93. The van der Waals surface area contributed by atoms with Gasteiger partial charge >= 0.3 is 0 Å². The van der Waals surface area contributed by atoms with E-state index in [-0.39, 0.29) is 4.90 Å². The van der Waals surface area contributed by atoms with Crippen molar-refractivity contribution >= 4 is 27.4 Å². The lowest BCUT2D eigenvalue weighted by molar-refractivity contribution is 0.445. The lowest BCUT2D eigenvalue weighted by Gasteiger charge is -2.18. The van der Waals surface area contributed by atoms with Gasteiger partial charge in [-0.05, 0) is 30.7 Å². The maximum absolute atomic E-state index is 12.9. The van der Waals surface area contributed by atoms with E-state index in [9.17, 15) is 8.42 Å². The number of pyridine rings is 1. The molecular weight excluding hydrogens is 446 g/mol. The first-order valence-corrected chi connectivity index (χ1v) is 12.6. The molecule has 3 heterocycles. The SMILES string of the molecule is CCN(CC)S(=O)(=O)c1cccc(-c2nnc(SCc3cn4cccc(C)c4n3)n2N)c1. The van der Waals surface area contributed by atoms with Gasteiger partial charge in [0.05, 0.1) is 10.6 Å². The molecular formula is C21H25N7O2S2. The molecule has 0 saturated carbocycles. The van der Waals surface area contributed by atoms with Crippen LogP contribution in [0.3, 0.4) is 0 Å². The predicted octanol–water partition coefficient (Wildman–Crippen LogP) is 2.94. The predicted molar refractivity (Wildman–Crippen MR) is 125 cm³/mol. The minimum atomic E-state index is -3.58. The summed E-state index contributed by atoms with van der Waals surface area (Å²) < 4.78 is 30.5. The van der Waals surface area contributed by atoms with Crippen molar-refractivity contribution < 1.29 is 8.42 Å². The Morgan fingerprint density at radius 3 is 2.62 bits per heavy atom. The number of nitrogens with two attached hydrogens (primary N) is 1. The quantitative estimate of drug-likeness (QED) is 0.311. The smallest absolute Gasteiger partial charge is 0.243 e. The number of sulfonamides is 1. The number of aromatic nitrogens is 5. The van der Waals surface area contributed by atoms with Gasteiger partial charge in [-0.3, -0.25) is 0 Å². The molecule has 4 aromatic rings. The molecule has 32 heavy (non-hydrogen) atoms. The lowest BCUT2D eigenvalue weighted by atomic mass is 10.2.